The molecule has 3 fully saturated rings. The van der Waals surface area contributed by atoms with Gasteiger partial charge in [0.1, 0.15) is 0 Å². The van der Waals surface area contributed by atoms with Crippen LogP contribution < -0.4 is 10.2 Å². The third-order valence-corrected chi connectivity index (χ3v) is 6.03. The van der Waals surface area contributed by atoms with Crippen LogP contribution in [0.4, 0.5) is 5.69 Å². The van der Waals surface area contributed by atoms with Crippen molar-refractivity contribution in [1.29, 1.82) is 0 Å². The predicted octanol–water partition coefficient (Wildman–Crippen LogP) is 2.33. The number of anilines is 1. The first kappa shape index (κ1) is 18.0. The van der Waals surface area contributed by atoms with Crippen molar-refractivity contribution in [2.75, 3.05) is 24.5 Å². The van der Waals surface area contributed by atoms with Gasteiger partial charge in [-0.15, -0.1) is 0 Å². The third-order valence-electron chi connectivity index (χ3n) is 6.03. The Bertz CT molecular complexity index is 742. The molecule has 2 aliphatic heterocycles. The van der Waals surface area contributed by atoms with Gasteiger partial charge < -0.3 is 15.1 Å². The summed E-state index contributed by atoms with van der Waals surface area (Å²) < 4.78 is 0. The lowest BCUT2D eigenvalue weighted by Crippen LogP contribution is -2.39. The summed E-state index contributed by atoms with van der Waals surface area (Å²) in [6.07, 6.45) is 6.56. The Kier molecular flexibility index (Phi) is 5.14. The van der Waals surface area contributed by atoms with E-state index in [1.54, 1.807) is 17.0 Å². The van der Waals surface area contributed by atoms with E-state index in [4.69, 9.17) is 0 Å². The highest BCUT2D eigenvalue weighted by atomic mass is 16.2. The topological polar surface area (TPSA) is 69.7 Å². The van der Waals surface area contributed by atoms with Gasteiger partial charge in [-0.1, -0.05) is 18.9 Å². The first-order valence-corrected chi connectivity index (χ1v) is 10.1. The average Bonchev–Trinajstić information content (AvgIpc) is 3.43. The molecule has 1 aliphatic carbocycles. The molecule has 3 amide bonds. The number of nitrogens with zero attached hydrogens (tertiary/aromatic N) is 2. The lowest BCUT2D eigenvalue weighted by Gasteiger charge is -2.21. The lowest BCUT2D eigenvalue weighted by molar-refractivity contribution is -0.134. The molecule has 6 nitrogen and oxygen atoms in total. The maximum atomic E-state index is 12.7. The number of hydrogen-bond donors (Lipinski definition) is 1. The van der Waals surface area contributed by atoms with Gasteiger partial charge in [0.15, 0.2) is 0 Å². The first-order chi connectivity index (χ1) is 13.1. The molecule has 1 aromatic carbocycles. The Balaban J connectivity index is 1.35. The van der Waals surface area contributed by atoms with Gasteiger partial charge in [0.25, 0.3) is 5.91 Å². The zero-order valence-electron chi connectivity index (χ0n) is 15.7. The number of amides is 3. The van der Waals surface area contributed by atoms with Crippen molar-refractivity contribution in [2.24, 2.45) is 5.92 Å². The van der Waals surface area contributed by atoms with Crippen LogP contribution >= 0.6 is 0 Å². The van der Waals surface area contributed by atoms with Crippen molar-refractivity contribution in [3.05, 3.63) is 29.8 Å². The van der Waals surface area contributed by atoms with Gasteiger partial charge in [0.05, 0.1) is 0 Å². The van der Waals surface area contributed by atoms with Gasteiger partial charge in [0.2, 0.25) is 11.8 Å². The van der Waals surface area contributed by atoms with E-state index in [2.05, 4.69) is 5.32 Å². The van der Waals surface area contributed by atoms with Crippen molar-refractivity contribution in [2.45, 2.75) is 51.0 Å². The second kappa shape index (κ2) is 7.71. The molecule has 1 N–H and O–H groups in total. The minimum absolute atomic E-state index is 0.0000668. The van der Waals surface area contributed by atoms with E-state index >= 15 is 0 Å². The number of hydrogen-bond acceptors (Lipinski definition) is 3. The fourth-order valence-electron chi connectivity index (χ4n) is 4.51. The molecule has 4 rings (SSSR count). The van der Waals surface area contributed by atoms with E-state index in [0.717, 1.165) is 50.8 Å². The van der Waals surface area contributed by atoms with Crippen LogP contribution in [0.15, 0.2) is 24.3 Å². The van der Waals surface area contributed by atoms with Crippen LogP contribution in [-0.4, -0.2) is 48.3 Å². The van der Waals surface area contributed by atoms with Crippen LogP contribution in [0.2, 0.25) is 0 Å². The van der Waals surface area contributed by atoms with Gasteiger partial charge in [0, 0.05) is 49.3 Å². The van der Waals surface area contributed by atoms with Gasteiger partial charge in [-0.2, -0.15) is 0 Å². The van der Waals surface area contributed by atoms with Gasteiger partial charge in [-0.3, -0.25) is 14.4 Å². The molecule has 1 aromatic rings. The van der Waals surface area contributed by atoms with E-state index in [1.807, 2.05) is 17.0 Å². The van der Waals surface area contributed by atoms with Crippen LogP contribution in [0.5, 0.6) is 0 Å². The quantitative estimate of drug-likeness (QED) is 0.886. The number of rotatable bonds is 4. The standard InChI is InChI=1S/C21H27N3O3/c25-19-9-4-11-24(19)18-8-3-7-16(13-18)20(26)22-17-10-12-23(14-17)21(27)15-5-1-2-6-15/h3,7-8,13,15,17H,1-2,4-6,9-12,14H2,(H,22,26)/t17-/m1/s1. The van der Waals surface area contributed by atoms with Gasteiger partial charge in [-0.25, -0.2) is 0 Å². The molecule has 0 unspecified atom stereocenters. The van der Waals surface area contributed by atoms with Gasteiger partial charge in [-0.05, 0) is 43.9 Å². The van der Waals surface area contributed by atoms with Crippen molar-refractivity contribution >= 4 is 23.4 Å². The van der Waals surface area contributed by atoms with E-state index in [0.29, 0.717) is 25.1 Å². The predicted molar refractivity (Wildman–Crippen MR) is 102 cm³/mol. The molecule has 2 saturated heterocycles. The SMILES string of the molecule is O=C(N[C@@H]1CCN(C(=O)C2CCCC2)C1)c1cccc(N2CCCC2=O)c1. The van der Waals surface area contributed by atoms with E-state index in [-0.39, 0.29) is 29.7 Å². The summed E-state index contributed by atoms with van der Waals surface area (Å²) in [6, 6.07) is 7.25. The molecule has 0 bridgehead atoms. The fraction of sp³-hybridized carbons (Fsp3) is 0.571. The number of carbonyl (C=O) groups excluding carboxylic acids is 3. The van der Waals surface area contributed by atoms with Crippen molar-refractivity contribution in [3.63, 3.8) is 0 Å². The summed E-state index contributed by atoms with van der Waals surface area (Å²) in [5.74, 6) is 0.431. The Morgan fingerprint density at radius 2 is 1.85 bits per heavy atom. The Hall–Kier alpha value is -2.37. The van der Waals surface area contributed by atoms with Crippen LogP contribution in [0.3, 0.4) is 0 Å². The molecule has 2 heterocycles. The molecule has 6 heteroatoms. The molecule has 0 radical (unpaired) electrons. The van der Waals surface area contributed by atoms with E-state index in [9.17, 15) is 14.4 Å². The molecular formula is C21H27N3O3. The molecule has 1 atom stereocenters. The highest BCUT2D eigenvalue weighted by Gasteiger charge is 2.33. The number of nitrogens with one attached hydrogen (secondary N) is 1. The monoisotopic (exact) mass is 369 g/mol. The second-order valence-electron chi connectivity index (χ2n) is 7.92. The lowest BCUT2D eigenvalue weighted by atomic mass is 10.1. The van der Waals surface area contributed by atoms with E-state index < -0.39 is 0 Å². The highest BCUT2D eigenvalue weighted by Crippen LogP contribution is 2.28. The van der Waals surface area contributed by atoms with Crippen LogP contribution in [0, 0.1) is 5.92 Å². The van der Waals surface area contributed by atoms with Gasteiger partial charge >= 0.3 is 0 Å². The number of likely N-dealkylation sites (tertiary alicyclic amines) is 1. The summed E-state index contributed by atoms with van der Waals surface area (Å²) in [7, 11) is 0. The van der Waals surface area contributed by atoms with E-state index in [1.165, 1.54) is 0 Å². The summed E-state index contributed by atoms with van der Waals surface area (Å²) in [4.78, 5) is 40.8. The second-order valence-corrected chi connectivity index (χ2v) is 7.92. The van der Waals surface area contributed by atoms with Crippen molar-refractivity contribution in [3.8, 4) is 0 Å². The van der Waals surface area contributed by atoms with Crippen LogP contribution in [0.1, 0.15) is 55.3 Å². The highest BCUT2D eigenvalue weighted by molar-refractivity contribution is 5.99. The summed E-state index contributed by atoms with van der Waals surface area (Å²) in [5, 5.41) is 3.06. The largest absolute Gasteiger partial charge is 0.347 e. The van der Waals surface area contributed by atoms with Crippen molar-refractivity contribution in [1.82, 2.24) is 10.2 Å². The molecule has 0 aromatic heterocycles. The first-order valence-electron chi connectivity index (χ1n) is 10.1. The molecular weight excluding hydrogens is 342 g/mol. The molecule has 27 heavy (non-hydrogen) atoms. The number of carbonyl (C=O) groups is 3. The Morgan fingerprint density at radius 3 is 2.59 bits per heavy atom. The molecule has 0 spiro atoms. The Labute approximate surface area is 159 Å². The van der Waals surface area contributed by atoms with Crippen LogP contribution in [-0.2, 0) is 9.59 Å². The molecule has 1 saturated carbocycles. The molecule has 3 aliphatic rings. The van der Waals surface area contributed by atoms with Crippen molar-refractivity contribution < 1.29 is 14.4 Å². The summed E-state index contributed by atoms with van der Waals surface area (Å²) in [5.41, 5.74) is 1.35. The maximum absolute atomic E-state index is 12.7. The third kappa shape index (κ3) is 3.84. The zero-order chi connectivity index (χ0) is 18.8. The average molecular weight is 369 g/mol. The maximum Gasteiger partial charge on any atom is 0.251 e. The number of benzene rings is 1. The summed E-state index contributed by atoms with van der Waals surface area (Å²) >= 11 is 0. The minimum Gasteiger partial charge on any atom is -0.347 e. The molecule has 144 valence electrons. The smallest absolute Gasteiger partial charge is 0.251 e. The van der Waals surface area contributed by atoms with Crippen LogP contribution in [0.25, 0.3) is 0 Å². The fourth-order valence-corrected chi connectivity index (χ4v) is 4.51. The zero-order valence-corrected chi connectivity index (χ0v) is 15.7. The Morgan fingerprint density at radius 1 is 1.04 bits per heavy atom. The normalized spacial score (nSPS) is 23.3. The summed E-state index contributed by atoms with van der Waals surface area (Å²) in [6.45, 7) is 2.04. The minimum atomic E-state index is -0.135.